The van der Waals surface area contributed by atoms with Gasteiger partial charge in [0, 0.05) is 13.8 Å². The molecule has 7 nitrogen and oxygen atoms in total. The normalized spacial score (nSPS) is 14.7. The number of carbonyl (C=O) groups is 3. The van der Waals surface area contributed by atoms with Crippen LogP contribution < -0.4 is 10.0 Å². The zero-order chi connectivity index (χ0) is 22.0. The summed E-state index contributed by atoms with van der Waals surface area (Å²) in [6.07, 6.45) is -0.852. The summed E-state index contributed by atoms with van der Waals surface area (Å²) in [6.45, 7) is 2.77. The summed E-state index contributed by atoms with van der Waals surface area (Å²) in [7, 11) is 0. The average Bonchev–Trinajstić information content (AvgIpc) is 2.79. The molecule has 3 aromatic carbocycles. The smallest absolute Gasteiger partial charge is 0.273 e. The molecule has 0 aliphatic carbocycles. The minimum absolute atomic E-state index is 0.370. The van der Waals surface area contributed by atoms with Gasteiger partial charge in [-0.1, -0.05) is 66.7 Å². The quantitative estimate of drug-likeness (QED) is 0.640. The van der Waals surface area contributed by atoms with E-state index in [9.17, 15) is 14.4 Å². The van der Waals surface area contributed by atoms with Crippen LogP contribution in [0.1, 0.15) is 25.6 Å². The van der Waals surface area contributed by atoms with Gasteiger partial charge in [-0.25, -0.2) is 14.8 Å². The molecule has 0 atom stereocenters. The Balaban J connectivity index is 1.98. The van der Waals surface area contributed by atoms with Crippen molar-refractivity contribution < 1.29 is 14.4 Å². The Kier molecular flexibility index (Phi) is 5.41. The number of benzene rings is 3. The molecule has 7 heteroatoms. The third-order valence-corrected chi connectivity index (χ3v) is 5.00. The zero-order valence-corrected chi connectivity index (χ0v) is 17.3. The van der Waals surface area contributed by atoms with Crippen molar-refractivity contribution >= 4 is 29.2 Å². The molecule has 1 aliphatic rings. The molecule has 31 heavy (non-hydrogen) atoms. The second-order valence-electron chi connectivity index (χ2n) is 7.09. The number of nitrogens with zero attached hydrogens (tertiary/aromatic N) is 4. The molecule has 1 fully saturated rings. The summed E-state index contributed by atoms with van der Waals surface area (Å²) in [5.41, 5.74) is 1.74. The van der Waals surface area contributed by atoms with Crippen molar-refractivity contribution in [2.24, 2.45) is 0 Å². The molecule has 0 bridgehead atoms. The molecule has 1 heterocycles. The van der Waals surface area contributed by atoms with Gasteiger partial charge in [0.25, 0.3) is 0 Å². The van der Waals surface area contributed by atoms with Gasteiger partial charge < -0.3 is 0 Å². The third kappa shape index (κ3) is 3.61. The molecule has 0 radical (unpaired) electrons. The Labute approximate surface area is 180 Å². The SMILES string of the molecule is CC(=O)N1C(c2ccccc2)N(C(C)=O)N(c2ccccc2)C(=O)N1c1ccccc1. The molecule has 4 amide bonds. The number of hydrogen-bond donors (Lipinski definition) is 0. The van der Waals surface area contributed by atoms with Gasteiger partial charge in [0.1, 0.15) is 0 Å². The summed E-state index contributed by atoms with van der Waals surface area (Å²) >= 11 is 0. The standard InChI is InChI=1S/C24H22N4O3/c1-18(29)25-23(20-12-6-3-7-13-20)26(19(2)30)28(22-16-10-5-11-17-22)24(31)27(25)21-14-8-4-9-15-21/h3-17,23H,1-2H3. The van der Waals surface area contributed by atoms with Crippen LogP contribution in [0.5, 0.6) is 0 Å². The Bertz CT molecular complexity index is 1020. The maximum absolute atomic E-state index is 13.8. The Morgan fingerprint density at radius 3 is 1.32 bits per heavy atom. The van der Waals surface area contributed by atoms with Gasteiger partial charge in [0.05, 0.1) is 11.4 Å². The van der Waals surface area contributed by atoms with E-state index < -0.39 is 12.2 Å². The monoisotopic (exact) mass is 414 g/mol. The molecule has 3 aromatic rings. The van der Waals surface area contributed by atoms with Gasteiger partial charge in [-0.15, -0.1) is 0 Å². The van der Waals surface area contributed by atoms with Gasteiger partial charge in [0.2, 0.25) is 11.8 Å². The van der Waals surface area contributed by atoms with Crippen molar-refractivity contribution in [3.8, 4) is 0 Å². The van der Waals surface area contributed by atoms with Crippen molar-refractivity contribution in [1.82, 2.24) is 10.0 Å². The molecule has 1 saturated heterocycles. The van der Waals surface area contributed by atoms with Crippen LogP contribution in [0.25, 0.3) is 0 Å². The fourth-order valence-corrected chi connectivity index (χ4v) is 3.74. The first-order chi connectivity index (χ1) is 15.0. The van der Waals surface area contributed by atoms with Crippen LogP contribution in [-0.2, 0) is 9.59 Å². The molecule has 0 spiro atoms. The number of para-hydroxylation sites is 2. The summed E-state index contributed by atoms with van der Waals surface area (Å²) in [6, 6.07) is 26.5. The number of anilines is 2. The highest BCUT2D eigenvalue weighted by molar-refractivity contribution is 6.07. The minimum Gasteiger partial charge on any atom is -0.273 e. The second kappa shape index (κ2) is 8.31. The van der Waals surface area contributed by atoms with Gasteiger partial charge >= 0.3 is 6.03 Å². The van der Waals surface area contributed by atoms with Crippen molar-refractivity contribution in [3.63, 3.8) is 0 Å². The average molecular weight is 414 g/mol. The van der Waals surface area contributed by atoms with Gasteiger partial charge in [0.15, 0.2) is 6.17 Å². The molecular formula is C24H22N4O3. The van der Waals surface area contributed by atoms with Crippen LogP contribution in [-0.4, -0.2) is 27.9 Å². The highest BCUT2D eigenvalue weighted by Crippen LogP contribution is 2.38. The third-order valence-electron chi connectivity index (χ3n) is 5.00. The predicted octanol–water partition coefficient (Wildman–Crippen LogP) is 4.36. The van der Waals surface area contributed by atoms with Crippen molar-refractivity contribution in [2.75, 3.05) is 10.0 Å². The van der Waals surface area contributed by atoms with Crippen LogP contribution in [0, 0.1) is 0 Å². The van der Waals surface area contributed by atoms with E-state index in [0.717, 1.165) is 0 Å². The Morgan fingerprint density at radius 2 is 0.968 bits per heavy atom. The number of hydrazine groups is 2. The maximum atomic E-state index is 13.8. The van der Waals surface area contributed by atoms with E-state index in [1.54, 1.807) is 48.5 Å². The largest absolute Gasteiger partial charge is 0.367 e. The zero-order valence-electron chi connectivity index (χ0n) is 17.3. The Morgan fingerprint density at radius 1 is 0.613 bits per heavy atom. The minimum atomic E-state index is -0.852. The molecule has 156 valence electrons. The number of carbonyl (C=O) groups excluding carboxylic acids is 3. The molecule has 4 rings (SSSR count). The van der Waals surface area contributed by atoms with Crippen LogP contribution in [0.3, 0.4) is 0 Å². The van der Waals surface area contributed by atoms with E-state index in [-0.39, 0.29) is 11.8 Å². The summed E-state index contributed by atoms with van der Waals surface area (Å²) < 4.78 is 0. The molecule has 0 unspecified atom stereocenters. The lowest BCUT2D eigenvalue weighted by Crippen LogP contribution is -2.70. The van der Waals surface area contributed by atoms with E-state index >= 15 is 0 Å². The van der Waals surface area contributed by atoms with Crippen molar-refractivity contribution in [1.29, 1.82) is 0 Å². The lowest BCUT2D eigenvalue weighted by molar-refractivity contribution is -0.147. The van der Waals surface area contributed by atoms with E-state index in [1.807, 2.05) is 42.5 Å². The molecule has 0 saturated carbocycles. The fraction of sp³-hybridized carbons (Fsp3) is 0.125. The molecular weight excluding hydrogens is 392 g/mol. The van der Waals surface area contributed by atoms with E-state index in [0.29, 0.717) is 16.9 Å². The highest BCUT2D eigenvalue weighted by Gasteiger charge is 2.48. The number of hydrogen-bond acceptors (Lipinski definition) is 3. The van der Waals surface area contributed by atoms with Crippen LogP contribution in [0.15, 0.2) is 91.0 Å². The van der Waals surface area contributed by atoms with E-state index in [2.05, 4.69) is 0 Å². The van der Waals surface area contributed by atoms with Gasteiger partial charge in [-0.05, 0) is 29.8 Å². The van der Waals surface area contributed by atoms with E-state index in [1.165, 1.54) is 33.9 Å². The Hall–Kier alpha value is -4.13. The first-order valence-corrected chi connectivity index (χ1v) is 9.89. The van der Waals surface area contributed by atoms with Gasteiger partial charge in [-0.2, -0.15) is 10.0 Å². The number of rotatable bonds is 3. The van der Waals surface area contributed by atoms with E-state index in [4.69, 9.17) is 0 Å². The second-order valence-corrected chi connectivity index (χ2v) is 7.09. The predicted molar refractivity (Wildman–Crippen MR) is 117 cm³/mol. The van der Waals surface area contributed by atoms with Gasteiger partial charge in [-0.3, -0.25) is 9.59 Å². The van der Waals surface area contributed by atoms with Crippen LogP contribution in [0.2, 0.25) is 0 Å². The molecule has 0 N–H and O–H groups in total. The molecule has 0 aromatic heterocycles. The number of urea groups is 1. The lowest BCUT2D eigenvalue weighted by atomic mass is 10.1. The summed E-state index contributed by atoms with van der Waals surface area (Å²) in [5, 5.41) is 5.31. The fourth-order valence-electron chi connectivity index (χ4n) is 3.74. The van der Waals surface area contributed by atoms with Crippen LogP contribution in [0.4, 0.5) is 16.2 Å². The number of amides is 4. The van der Waals surface area contributed by atoms with Crippen molar-refractivity contribution in [3.05, 3.63) is 96.6 Å². The summed E-state index contributed by atoms with van der Waals surface area (Å²) in [4.78, 5) is 39.6. The lowest BCUT2D eigenvalue weighted by Gasteiger charge is -2.53. The van der Waals surface area contributed by atoms with Crippen molar-refractivity contribution in [2.45, 2.75) is 20.0 Å². The highest BCUT2D eigenvalue weighted by atomic mass is 16.2. The molecule has 1 aliphatic heterocycles. The first-order valence-electron chi connectivity index (χ1n) is 9.89. The topological polar surface area (TPSA) is 64.2 Å². The maximum Gasteiger partial charge on any atom is 0.367 e. The summed E-state index contributed by atoms with van der Waals surface area (Å²) in [5.74, 6) is -0.741. The van der Waals surface area contributed by atoms with Crippen LogP contribution >= 0.6 is 0 Å². The first kappa shape index (κ1) is 20.2.